The summed E-state index contributed by atoms with van der Waals surface area (Å²) in [6.07, 6.45) is -0.114. The summed E-state index contributed by atoms with van der Waals surface area (Å²) >= 11 is 0. The topological polar surface area (TPSA) is 38.8 Å². The summed E-state index contributed by atoms with van der Waals surface area (Å²) in [4.78, 5) is 12.0. The molecule has 1 atom stereocenters. The first-order valence-electron chi connectivity index (χ1n) is 3.75. The maximum atomic E-state index is 9.98. The normalized spacial score (nSPS) is 22.6. The van der Waals surface area contributed by atoms with Crippen LogP contribution in [0.4, 0.5) is 0 Å². The van der Waals surface area contributed by atoms with Gasteiger partial charge in [-0.05, 0) is 6.92 Å². The number of hydrogen-bond acceptors (Lipinski definition) is 4. The average Bonchev–Trinajstić information content (AvgIpc) is 2.07. The molecule has 1 saturated heterocycles. The van der Waals surface area contributed by atoms with E-state index in [2.05, 4.69) is 4.90 Å². The van der Waals surface area contributed by atoms with E-state index in [0.717, 1.165) is 26.3 Å². The van der Waals surface area contributed by atoms with Crippen LogP contribution in [0.2, 0.25) is 0 Å². The SMILES string of the molecule is CC(OC=O)N1CCOCC1. The zero-order chi connectivity index (χ0) is 8.10. The first kappa shape index (κ1) is 8.49. The zero-order valence-electron chi connectivity index (χ0n) is 6.66. The van der Waals surface area contributed by atoms with E-state index in [1.54, 1.807) is 0 Å². The fraction of sp³-hybridized carbons (Fsp3) is 0.857. The molecule has 1 heterocycles. The molecule has 0 amide bonds. The minimum absolute atomic E-state index is 0.114. The number of ether oxygens (including phenoxy) is 2. The Morgan fingerprint density at radius 1 is 1.55 bits per heavy atom. The summed E-state index contributed by atoms with van der Waals surface area (Å²) in [5.74, 6) is 0. The number of morpholine rings is 1. The molecule has 0 spiro atoms. The van der Waals surface area contributed by atoms with Crippen LogP contribution in [-0.2, 0) is 14.3 Å². The second-order valence-electron chi connectivity index (χ2n) is 2.48. The van der Waals surface area contributed by atoms with E-state index in [1.165, 1.54) is 0 Å². The van der Waals surface area contributed by atoms with Crippen LogP contribution in [-0.4, -0.2) is 43.9 Å². The van der Waals surface area contributed by atoms with Gasteiger partial charge in [0.05, 0.1) is 13.2 Å². The average molecular weight is 159 g/mol. The standard InChI is InChI=1S/C7H13NO3/c1-7(11-6-9)8-2-4-10-5-3-8/h6-7H,2-5H2,1H3. The molecule has 1 rings (SSSR count). The Kier molecular flexibility index (Phi) is 3.32. The van der Waals surface area contributed by atoms with Gasteiger partial charge in [-0.2, -0.15) is 0 Å². The molecule has 4 nitrogen and oxygen atoms in total. The van der Waals surface area contributed by atoms with Gasteiger partial charge in [0.2, 0.25) is 0 Å². The predicted molar refractivity (Wildman–Crippen MR) is 39.0 cm³/mol. The van der Waals surface area contributed by atoms with E-state index in [4.69, 9.17) is 9.47 Å². The van der Waals surface area contributed by atoms with Gasteiger partial charge in [0.15, 0.2) is 6.23 Å². The second-order valence-corrected chi connectivity index (χ2v) is 2.48. The fourth-order valence-corrected chi connectivity index (χ4v) is 1.11. The number of nitrogens with zero attached hydrogens (tertiary/aromatic N) is 1. The van der Waals surface area contributed by atoms with Crippen LogP contribution in [0.1, 0.15) is 6.92 Å². The lowest BCUT2D eigenvalue weighted by Gasteiger charge is -2.30. The van der Waals surface area contributed by atoms with Crippen LogP contribution in [0.15, 0.2) is 0 Å². The van der Waals surface area contributed by atoms with Crippen molar-refractivity contribution < 1.29 is 14.3 Å². The van der Waals surface area contributed by atoms with Gasteiger partial charge in [-0.3, -0.25) is 9.69 Å². The number of hydrogen-bond donors (Lipinski definition) is 0. The van der Waals surface area contributed by atoms with Gasteiger partial charge >= 0.3 is 0 Å². The Morgan fingerprint density at radius 2 is 2.18 bits per heavy atom. The fourth-order valence-electron chi connectivity index (χ4n) is 1.11. The summed E-state index contributed by atoms with van der Waals surface area (Å²) in [6.45, 7) is 5.49. The molecule has 0 radical (unpaired) electrons. The van der Waals surface area contributed by atoms with Crippen LogP contribution < -0.4 is 0 Å². The molecule has 4 heteroatoms. The van der Waals surface area contributed by atoms with E-state index < -0.39 is 0 Å². The molecule has 0 saturated carbocycles. The molecule has 1 aliphatic heterocycles. The van der Waals surface area contributed by atoms with Gasteiger partial charge in [-0.1, -0.05) is 0 Å². The van der Waals surface area contributed by atoms with E-state index in [0.29, 0.717) is 6.47 Å². The van der Waals surface area contributed by atoms with Crippen LogP contribution >= 0.6 is 0 Å². The van der Waals surface area contributed by atoms with Crippen LogP contribution in [0, 0.1) is 0 Å². The van der Waals surface area contributed by atoms with Crippen molar-refractivity contribution in [1.29, 1.82) is 0 Å². The molecule has 1 fully saturated rings. The van der Waals surface area contributed by atoms with Crippen molar-refractivity contribution in [1.82, 2.24) is 4.90 Å². The molecular formula is C7H13NO3. The highest BCUT2D eigenvalue weighted by atomic mass is 16.5. The minimum atomic E-state index is -0.114. The molecular weight excluding hydrogens is 146 g/mol. The van der Waals surface area contributed by atoms with Crippen molar-refractivity contribution in [3.8, 4) is 0 Å². The molecule has 1 aliphatic rings. The molecule has 1 unspecified atom stereocenters. The Morgan fingerprint density at radius 3 is 2.73 bits per heavy atom. The van der Waals surface area contributed by atoms with Gasteiger partial charge in [-0.25, -0.2) is 0 Å². The first-order valence-corrected chi connectivity index (χ1v) is 3.75. The smallest absolute Gasteiger partial charge is 0.294 e. The van der Waals surface area contributed by atoms with Crippen LogP contribution in [0.5, 0.6) is 0 Å². The molecule has 64 valence electrons. The van der Waals surface area contributed by atoms with Gasteiger partial charge < -0.3 is 9.47 Å². The number of rotatable bonds is 3. The lowest BCUT2D eigenvalue weighted by atomic mass is 10.4. The molecule has 0 N–H and O–H groups in total. The zero-order valence-corrected chi connectivity index (χ0v) is 6.66. The predicted octanol–water partition coefficient (Wildman–Crippen LogP) is -0.162. The monoisotopic (exact) mass is 159 g/mol. The van der Waals surface area contributed by atoms with Crippen molar-refractivity contribution in [2.75, 3.05) is 26.3 Å². The molecule has 0 aromatic heterocycles. The Labute approximate surface area is 66.1 Å². The maximum absolute atomic E-state index is 9.98. The third kappa shape index (κ3) is 2.48. The highest BCUT2D eigenvalue weighted by molar-refractivity contribution is 5.37. The molecule has 11 heavy (non-hydrogen) atoms. The van der Waals surface area contributed by atoms with E-state index in [-0.39, 0.29) is 6.23 Å². The van der Waals surface area contributed by atoms with Gasteiger partial charge in [0.1, 0.15) is 0 Å². The quantitative estimate of drug-likeness (QED) is 0.536. The lowest BCUT2D eigenvalue weighted by molar-refractivity contribution is -0.145. The minimum Gasteiger partial charge on any atom is -0.449 e. The summed E-state index contributed by atoms with van der Waals surface area (Å²) in [7, 11) is 0. The second kappa shape index (κ2) is 4.31. The third-order valence-electron chi connectivity index (χ3n) is 1.81. The largest absolute Gasteiger partial charge is 0.449 e. The first-order chi connectivity index (χ1) is 5.34. The summed E-state index contributed by atoms with van der Waals surface area (Å²) in [5, 5.41) is 0. The molecule has 0 aliphatic carbocycles. The molecule has 0 aromatic carbocycles. The van der Waals surface area contributed by atoms with Crippen molar-refractivity contribution >= 4 is 6.47 Å². The highest BCUT2D eigenvalue weighted by Gasteiger charge is 2.16. The van der Waals surface area contributed by atoms with E-state index in [1.807, 2.05) is 6.92 Å². The van der Waals surface area contributed by atoms with Crippen LogP contribution in [0.25, 0.3) is 0 Å². The molecule has 0 aromatic rings. The summed E-state index contributed by atoms with van der Waals surface area (Å²) in [6, 6.07) is 0. The van der Waals surface area contributed by atoms with Crippen LogP contribution in [0.3, 0.4) is 0 Å². The maximum Gasteiger partial charge on any atom is 0.294 e. The van der Waals surface area contributed by atoms with E-state index >= 15 is 0 Å². The Balaban J connectivity index is 2.26. The number of carbonyl (C=O) groups is 1. The summed E-state index contributed by atoms with van der Waals surface area (Å²) < 4.78 is 9.91. The van der Waals surface area contributed by atoms with Crippen molar-refractivity contribution in [2.45, 2.75) is 13.2 Å². The van der Waals surface area contributed by atoms with Crippen molar-refractivity contribution in [2.24, 2.45) is 0 Å². The van der Waals surface area contributed by atoms with E-state index in [9.17, 15) is 4.79 Å². The van der Waals surface area contributed by atoms with Gasteiger partial charge in [-0.15, -0.1) is 0 Å². The number of carbonyl (C=O) groups excluding carboxylic acids is 1. The van der Waals surface area contributed by atoms with Gasteiger partial charge in [0, 0.05) is 13.1 Å². The molecule has 0 bridgehead atoms. The highest BCUT2D eigenvalue weighted by Crippen LogP contribution is 2.02. The van der Waals surface area contributed by atoms with Gasteiger partial charge in [0.25, 0.3) is 6.47 Å². The van der Waals surface area contributed by atoms with Crippen molar-refractivity contribution in [3.63, 3.8) is 0 Å². The van der Waals surface area contributed by atoms with Crippen molar-refractivity contribution in [3.05, 3.63) is 0 Å². The Hall–Kier alpha value is -0.610. The summed E-state index contributed by atoms with van der Waals surface area (Å²) in [5.41, 5.74) is 0. The third-order valence-corrected chi connectivity index (χ3v) is 1.81. The lowest BCUT2D eigenvalue weighted by Crippen LogP contribution is -2.43. The Bertz CT molecular complexity index is 123.